The molecule has 3 aliphatic heterocycles. The standard InChI is InChI=1S/C28H26N6O2S/c29-26-22(15-20-18-33(17-19-9-3-1-4-10-19)23-12-6-5-11-21(20)23)27(36)30-28-34(26)31-24(37-28)16-25(35)32-13-7-2-8-14-32/h1,3-6,9-12,15,18,29H,2,7-8,13-14,16-17H2/b22-15+,29-26?. The second-order valence-electron chi connectivity index (χ2n) is 9.35. The molecule has 0 radical (unpaired) electrons. The maximum absolute atomic E-state index is 13.0. The summed E-state index contributed by atoms with van der Waals surface area (Å²) in [5.74, 6) is -0.462. The molecule has 2 aromatic carbocycles. The number of amidine groups is 2. The van der Waals surface area contributed by atoms with Crippen LogP contribution in [0, 0.1) is 5.41 Å². The normalized spacial score (nSPS) is 18.9. The summed E-state index contributed by atoms with van der Waals surface area (Å²) >= 11 is 1.20. The van der Waals surface area contributed by atoms with Crippen molar-refractivity contribution >= 4 is 56.6 Å². The van der Waals surface area contributed by atoms with E-state index >= 15 is 0 Å². The van der Waals surface area contributed by atoms with Gasteiger partial charge in [-0.25, -0.2) is 0 Å². The Kier molecular flexibility index (Phi) is 6.21. The summed E-state index contributed by atoms with van der Waals surface area (Å²) in [6, 6.07) is 18.2. The second kappa shape index (κ2) is 9.82. The van der Waals surface area contributed by atoms with Crippen LogP contribution in [0.5, 0.6) is 0 Å². The van der Waals surface area contributed by atoms with Crippen LogP contribution in [0.3, 0.4) is 0 Å². The molecule has 1 aromatic heterocycles. The van der Waals surface area contributed by atoms with Crippen LogP contribution in [0.1, 0.15) is 36.8 Å². The van der Waals surface area contributed by atoms with E-state index < -0.39 is 5.91 Å². The fraction of sp³-hybridized carbons (Fsp3) is 0.250. The summed E-state index contributed by atoms with van der Waals surface area (Å²) in [6.45, 7) is 2.25. The van der Waals surface area contributed by atoms with Gasteiger partial charge >= 0.3 is 0 Å². The Balaban J connectivity index is 1.27. The minimum Gasteiger partial charge on any atom is -0.342 e. The Labute approximate surface area is 218 Å². The van der Waals surface area contributed by atoms with E-state index in [9.17, 15) is 9.59 Å². The number of carbonyl (C=O) groups is 2. The average Bonchev–Trinajstić information content (AvgIpc) is 3.48. The lowest BCUT2D eigenvalue weighted by Gasteiger charge is -2.26. The number of hydrogen-bond donors (Lipinski definition) is 1. The van der Waals surface area contributed by atoms with Gasteiger partial charge in [-0.15, -0.1) is 0 Å². The Hall–Kier alpha value is -3.98. The summed E-state index contributed by atoms with van der Waals surface area (Å²) in [6.07, 6.45) is 7.11. The maximum atomic E-state index is 13.0. The van der Waals surface area contributed by atoms with Gasteiger partial charge < -0.3 is 9.47 Å². The van der Waals surface area contributed by atoms with Crippen molar-refractivity contribution in [2.75, 3.05) is 13.1 Å². The number of carbonyl (C=O) groups excluding carboxylic acids is 2. The highest BCUT2D eigenvalue weighted by Gasteiger charge is 2.36. The SMILES string of the molecule is N=C1/C(=C\c2cn(Cc3ccccc3)c3ccccc23)C(=O)N=C2SC(CC(=O)N3CCCCC3)=NN12. The number of hydrogen-bond acceptors (Lipinski definition) is 5. The van der Waals surface area contributed by atoms with Crippen LogP contribution in [-0.4, -0.2) is 55.4 Å². The highest BCUT2D eigenvalue weighted by Crippen LogP contribution is 2.31. The van der Waals surface area contributed by atoms with Crippen molar-refractivity contribution in [1.82, 2.24) is 14.5 Å². The lowest BCUT2D eigenvalue weighted by Crippen LogP contribution is -2.36. The number of rotatable bonds is 5. The molecule has 9 heteroatoms. The molecule has 1 N–H and O–H groups in total. The van der Waals surface area contributed by atoms with Gasteiger partial charge in [0.05, 0.1) is 12.0 Å². The van der Waals surface area contributed by atoms with Crippen molar-refractivity contribution in [3.63, 3.8) is 0 Å². The van der Waals surface area contributed by atoms with Gasteiger partial charge in [0.1, 0.15) is 5.04 Å². The number of likely N-dealkylation sites (tertiary alicyclic amines) is 1. The maximum Gasteiger partial charge on any atom is 0.283 e. The number of aromatic nitrogens is 1. The number of piperidine rings is 1. The number of amides is 2. The van der Waals surface area contributed by atoms with Gasteiger partial charge in [-0.1, -0.05) is 48.5 Å². The van der Waals surface area contributed by atoms with Gasteiger partial charge in [-0.2, -0.15) is 15.1 Å². The van der Waals surface area contributed by atoms with Gasteiger partial charge in [0.2, 0.25) is 11.1 Å². The molecule has 0 atom stereocenters. The third kappa shape index (κ3) is 4.62. The zero-order valence-corrected chi connectivity index (χ0v) is 21.1. The van der Waals surface area contributed by atoms with E-state index in [4.69, 9.17) is 5.41 Å². The predicted octanol–water partition coefficient (Wildman–Crippen LogP) is 4.71. The van der Waals surface area contributed by atoms with E-state index in [-0.39, 0.29) is 23.7 Å². The van der Waals surface area contributed by atoms with E-state index in [2.05, 4.69) is 32.9 Å². The van der Waals surface area contributed by atoms with Crippen LogP contribution in [0.15, 0.2) is 76.5 Å². The highest BCUT2D eigenvalue weighted by molar-refractivity contribution is 8.27. The summed E-state index contributed by atoms with van der Waals surface area (Å²) in [5.41, 5.74) is 3.24. The van der Waals surface area contributed by atoms with Gasteiger partial charge in [0, 0.05) is 42.3 Å². The van der Waals surface area contributed by atoms with Crippen LogP contribution >= 0.6 is 11.8 Å². The van der Waals surface area contributed by atoms with Gasteiger partial charge in [0.25, 0.3) is 5.91 Å². The van der Waals surface area contributed by atoms with Crippen LogP contribution in [0.25, 0.3) is 17.0 Å². The van der Waals surface area contributed by atoms with Crippen molar-refractivity contribution < 1.29 is 9.59 Å². The molecule has 4 heterocycles. The minimum atomic E-state index is -0.470. The van der Waals surface area contributed by atoms with E-state index in [1.807, 2.05) is 47.5 Å². The fourth-order valence-electron chi connectivity index (χ4n) is 4.94. The number of para-hydroxylation sites is 1. The molecule has 1 fully saturated rings. The molecule has 6 rings (SSSR count). The van der Waals surface area contributed by atoms with Crippen LogP contribution in [0.4, 0.5) is 0 Å². The van der Waals surface area contributed by atoms with Gasteiger partial charge in [-0.3, -0.25) is 15.0 Å². The first-order chi connectivity index (χ1) is 18.1. The number of nitrogens with one attached hydrogen (secondary N) is 1. The Morgan fingerprint density at radius 1 is 1.03 bits per heavy atom. The van der Waals surface area contributed by atoms with Crippen molar-refractivity contribution in [1.29, 1.82) is 5.41 Å². The number of nitrogens with zero attached hydrogens (tertiary/aromatic N) is 5. The first kappa shape index (κ1) is 23.4. The molecule has 3 aliphatic rings. The molecule has 2 amide bonds. The first-order valence-electron chi connectivity index (χ1n) is 12.5. The third-order valence-electron chi connectivity index (χ3n) is 6.82. The molecule has 0 saturated carbocycles. The van der Waals surface area contributed by atoms with Crippen LogP contribution < -0.4 is 0 Å². The van der Waals surface area contributed by atoms with Crippen molar-refractivity contribution in [3.8, 4) is 0 Å². The van der Waals surface area contributed by atoms with Crippen LogP contribution in [-0.2, 0) is 16.1 Å². The summed E-state index contributed by atoms with van der Waals surface area (Å²) in [4.78, 5) is 31.8. The topological polar surface area (TPSA) is 94.1 Å². The molecule has 3 aromatic rings. The molecule has 0 unspecified atom stereocenters. The van der Waals surface area contributed by atoms with Crippen LogP contribution in [0.2, 0.25) is 0 Å². The Morgan fingerprint density at radius 2 is 1.78 bits per heavy atom. The predicted molar refractivity (Wildman–Crippen MR) is 148 cm³/mol. The highest BCUT2D eigenvalue weighted by atomic mass is 32.2. The Bertz CT molecular complexity index is 1500. The van der Waals surface area contributed by atoms with E-state index in [1.165, 1.54) is 22.3 Å². The molecule has 0 spiro atoms. The molecule has 1 saturated heterocycles. The number of hydrazone groups is 1. The van der Waals surface area contributed by atoms with E-state index in [0.29, 0.717) is 16.8 Å². The number of fused-ring (bicyclic) bond motifs is 2. The third-order valence-corrected chi connectivity index (χ3v) is 7.73. The lowest BCUT2D eigenvalue weighted by atomic mass is 10.1. The Morgan fingerprint density at radius 3 is 2.59 bits per heavy atom. The van der Waals surface area contributed by atoms with E-state index in [1.54, 1.807) is 6.08 Å². The smallest absolute Gasteiger partial charge is 0.283 e. The van der Waals surface area contributed by atoms with Crippen molar-refractivity contribution in [3.05, 3.63) is 77.5 Å². The van der Waals surface area contributed by atoms with Gasteiger partial charge in [-0.05, 0) is 48.7 Å². The zero-order chi connectivity index (χ0) is 25.4. The molecule has 0 bridgehead atoms. The fourth-order valence-corrected chi connectivity index (χ4v) is 5.82. The number of thioether (sulfide) groups is 1. The minimum absolute atomic E-state index is 0.0252. The second-order valence-corrected chi connectivity index (χ2v) is 10.4. The van der Waals surface area contributed by atoms with Crippen molar-refractivity contribution in [2.24, 2.45) is 10.1 Å². The molecule has 8 nitrogen and oxygen atoms in total. The first-order valence-corrected chi connectivity index (χ1v) is 13.3. The number of aliphatic imine (C=N–C) groups is 1. The van der Waals surface area contributed by atoms with Crippen molar-refractivity contribution in [2.45, 2.75) is 32.2 Å². The zero-order valence-electron chi connectivity index (χ0n) is 20.3. The summed E-state index contributed by atoms with van der Waals surface area (Å²) in [5, 5.41) is 16.5. The molecule has 186 valence electrons. The lowest BCUT2D eigenvalue weighted by molar-refractivity contribution is -0.130. The monoisotopic (exact) mass is 510 g/mol. The summed E-state index contributed by atoms with van der Waals surface area (Å²) in [7, 11) is 0. The quantitative estimate of drug-likeness (QED) is 0.503. The summed E-state index contributed by atoms with van der Waals surface area (Å²) < 4.78 is 2.15. The molecule has 37 heavy (non-hydrogen) atoms. The molecular formula is C28H26N6O2S. The van der Waals surface area contributed by atoms with E-state index in [0.717, 1.165) is 48.8 Å². The van der Waals surface area contributed by atoms with Gasteiger partial charge in [0.15, 0.2) is 5.84 Å². The molecular weight excluding hydrogens is 484 g/mol. The molecule has 0 aliphatic carbocycles. The average molecular weight is 511 g/mol. The largest absolute Gasteiger partial charge is 0.342 e. The number of benzene rings is 2.